The quantitative estimate of drug-likeness (QED) is 0.323. The van der Waals surface area contributed by atoms with E-state index in [1.54, 1.807) is 6.15 Å². The molecular formula is C4H5O+. The topological polar surface area (TPSA) is 19.9 Å². The van der Waals surface area contributed by atoms with Crippen LogP contribution in [0.25, 0.3) is 0 Å². The van der Waals surface area contributed by atoms with Gasteiger partial charge in [-0.25, -0.2) is 0 Å². The van der Waals surface area contributed by atoms with E-state index in [0.29, 0.717) is 6.42 Å². The first-order valence-electron chi connectivity index (χ1n) is 1.37. The third-order valence-corrected chi connectivity index (χ3v) is 0.228. The van der Waals surface area contributed by atoms with Crippen molar-refractivity contribution in [1.82, 2.24) is 0 Å². The van der Waals surface area contributed by atoms with Gasteiger partial charge < -0.3 is 0 Å². The molecule has 0 fully saturated rings. The fraction of sp³-hybridized carbons (Fsp3) is 0.250. The molecule has 0 spiro atoms. The second-order valence-electron chi connectivity index (χ2n) is 0.637. The Bertz CT molecular complexity index is 58.5. The SMILES string of the molecule is C=CCC#[O+]. The van der Waals surface area contributed by atoms with Crippen molar-refractivity contribution in [3.05, 3.63) is 12.7 Å². The number of hydrogen-bond acceptors (Lipinski definition) is 0. The van der Waals surface area contributed by atoms with Gasteiger partial charge in [-0.15, -0.1) is 0 Å². The summed E-state index contributed by atoms with van der Waals surface area (Å²) in [5.41, 5.74) is 0. The third kappa shape index (κ3) is 3.48. The number of allylic oxidation sites excluding steroid dienone is 1. The minimum absolute atomic E-state index is 0.347. The molecule has 0 aliphatic carbocycles. The van der Waals surface area contributed by atoms with Crippen LogP contribution in [0.4, 0.5) is 0 Å². The molecule has 1 heteroatoms. The van der Waals surface area contributed by atoms with Gasteiger partial charge in [0.15, 0.2) is 0 Å². The molecule has 0 radical (unpaired) electrons. The fourth-order valence-corrected chi connectivity index (χ4v) is 0.0589. The van der Waals surface area contributed by atoms with Crippen molar-refractivity contribution in [1.29, 1.82) is 0 Å². The first kappa shape index (κ1) is 4.48. The van der Waals surface area contributed by atoms with Crippen molar-refractivity contribution in [2.45, 2.75) is 6.42 Å². The van der Waals surface area contributed by atoms with Gasteiger partial charge in [-0.3, -0.25) is 0 Å². The molecular weight excluding hydrogens is 64.0 g/mol. The Balaban J connectivity index is 2.75. The molecule has 0 saturated carbocycles. The van der Waals surface area contributed by atoms with E-state index in [2.05, 4.69) is 6.58 Å². The van der Waals surface area contributed by atoms with Crippen LogP contribution in [0.5, 0.6) is 0 Å². The molecule has 0 aromatic rings. The van der Waals surface area contributed by atoms with Crippen molar-refractivity contribution < 1.29 is 4.65 Å². The van der Waals surface area contributed by atoms with E-state index in [-0.39, 0.29) is 0 Å². The van der Waals surface area contributed by atoms with Crippen LogP contribution >= 0.6 is 0 Å². The van der Waals surface area contributed by atoms with Crippen LogP contribution in [0.15, 0.2) is 12.7 Å². The van der Waals surface area contributed by atoms with Crippen molar-refractivity contribution in [3.8, 4) is 6.15 Å². The second-order valence-corrected chi connectivity index (χ2v) is 0.637. The first-order valence-corrected chi connectivity index (χ1v) is 1.37. The molecule has 26 valence electrons. The molecule has 0 saturated heterocycles. The monoisotopic (exact) mass is 69.0 g/mol. The summed E-state index contributed by atoms with van der Waals surface area (Å²) in [4.78, 5) is 0. The third-order valence-electron chi connectivity index (χ3n) is 0.228. The standard InChI is InChI=1S/C4H5O/c1-2-3-4-5/h2H,1,3H2/q+1. The Morgan fingerprint density at radius 1 is 2.00 bits per heavy atom. The molecule has 0 heterocycles. The van der Waals surface area contributed by atoms with Gasteiger partial charge in [-0.1, -0.05) is 0 Å². The predicted octanol–water partition coefficient (Wildman–Crippen LogP) is 0.952. The van der Waals surface area contributed by atoms with Gasteiger partial charge in [0, 0.05) is 0 Å². The van der Waals surface area contributed by atoms with Crippen LogP contribution in [-0.2, 0) is 4.65 Å². The number of rotatable bonds is 1. The molecule has 0 aromatic carbocycles. The zero-order chi connectivity index (χ0) is 4.12. The van der Waals surface area contributed by atoms with Gasteiger partial charge in [0.2, 0.25) is 0 Å². The van der Waals surface area contributed by atoms with Crippen molar-refractivity contribution in [2.75, 3.05) is 0 Å². The van der Waals surface area contributed by atoms with E-state index < -0.39 is 0 Å². The molecule has 0 aliphatic rings. The molecule has 0 rings (SSSR count). The van der Waals surface area contributed by atoms with Gasteiger partial charge in [0.25, 0.3) is 0 Å². The summed E-state index contributed by atoms with van der Waals surface area (Å²) < 4.78 is 9.21. The molecule has 5 heavy (non-hydrogen) atoms. The molecule has 0 aromatic heterocycles. The summed E-state index contributed by atoms with van der Waals surface area (Å²) in [6.07, 6.45) is 3.50. The van der Waals surface area contributed by atoms with Gasteiger partial charge in [-0.2, -0.15) is 0 Å². The van der Waals surface area contributed by atoms with Gasteiger partial charge in [0.1, 0.15) is 0 Å². The molecule has 0 N–H and O–H groups in total. The van der Waals surface area contributed by atoms with E-state index in [4.69, 9.17) is 0 Å². The van der Waals surface area contributed by atoms with E-state index in [0.717, 1.165) is 0 Å². The molecule has 1 nitrogen and oxygen atoms in total. The second kappa shape index (κ2) is 3.48. The zero-order valence-corrected chi connectivity index (χ0v) is 2.90. The Kier molecular flexibility index (Phi) is 3.12. The van der Waals surface area contributed by atoms with Crippen LogP contribution in [0.2, 0.25) is 0 Å². The van der Waals surface area contributed by atoms with Crippen LogP contribution in [0, 0.1) is 6.15 Å². The molecule has 0 aliphatic heterocycles. The predicted molar refractivity (Wildman–Crippen MR) is 19.4 cm³/mol. The Hall–Kier alpha value is -0.520. The Morgan fingerprint density at radius 2 is 2.60 bits per heavy atom. The Morgan fingerprint density at radius 3 is 2.60 bits per heavy atom. The van der Waals surface area contributed by atoms with Crippen LogP contribution < -0.4 is 0 Å². The van der Waals surface area contributed by atoms with E-state index in [1.165, 1.54) is 6.08 Å². The van der Waals surface area contributed by atoms with Crippen LogP contribution in [0.3, 0.4) is 0 Å². The summed E-state index contributed by atoms with van der Waals surface area (Å²) in [5, 5.41) is 0. The average Bonchev–Trinajstić information content (AvgIpc) is 1.41. The summed E-state index contributed by atoms with van der Waals surface area (Å²) in [6, 6.07) is 0. The average molecular weight is 69.1 g/mol. The molecule has 0 bridgehead atoms. The normalized spacial score (nSPS) is 5.40. The van der Waals surface area contributed by atoms with Crippen LogP contribution in [-0.4, -0.2) is 0 Å². The van der Waals surface area contributed by atoms with Gasteiger partial charge in [0.05, 0.1) is 0 Å². The van der Waals surface area contributed by atoms with Crippen molar-refractivity contribution in [2.24, 2.45) is 0 Å². The van der Waals surface area contributed by atoms with Crippen LogP contribution in [0.1, 0.15) is 6.42 Å². The van der Waals surface area contributed by atoms with Crippen molar-refractivity contribution >= 4 is 0 Å². The van der Waals surface area contributed by atoms with Gasteiger partial charge >= 0.3 is 29.9 Å². The first-order chi connectivity index (χ1) is 2.41. The van der Waals surface area contributed by atoms with Crippen molar-refractivity contribution in [3.63, 3.8) is 0 Å². The minimum atomic E-state index is 0.347. The maximum absolute atomic E-state index is 9.21. The Labute approximate surface area is 31.0 Å². The maximum atomic E-state index is 9.21. The van der Waals surface area contributed by atoms with E-state index in [9.17, 15) is 4.65 Å². The molecule has 0 atom stereocenters. The van der Waals surface area contributed by atoms with Gasteiger partial charge in [-0.05, 0) is 0 Å². The molecule has 0 amide bonds. The molecule has 0 unspecified atom stereocenters. The fourth-order valence-electron chi connectivity index (χ4n) is 0.0589. The summed E-state index contributed by atoms with van der Waals surface area (Å²) in [5.74, 6) is 0. The summed E-state index contributed by atoms with van der Waals surface area (Å²) >= 11 is 0. The number of hydrogen-bond donors (Lipinski definition) is 0. The summed E-state index contributed by atoms with van der Waals surface area (Å²) in [6.45, 7) is 3.29. The summed E-state index contributed by atoms with van der Waals surface area (Å²) in [7, 11) is 0. The van der Waals surface area contributed by atoms with E-state index >= 15 is 0 Å². The zero-order valence-electron chi connectivity index (χ0n) is 2.90. The van der Waals surface area contributed by atoms with E-state index in [1.807, 2.05) is 0 Å².